The Morgan fingerprint density at radius 2 is 1.91 bits per heavy atom. The summed E-state index contributed by atoms with van der Waals surface area (Å²) in [6.07, 6.45) is 1.74. The third-order valence-electron chi connectivity index (χ3n) is 6.27. The Labute approximate surface area is 190 Å². The highest BCUT2D eigenvalue weighted by atomic mass is 16.3. The molecule has 1 aromatic carbocycles. The van der Waals surface area contributed by atoms with Gasteiger partial charge in [-0.15, -0.1) is 0 Å². The van der Waals surface area contributed by atoms with Gasteiger partial charge in [0.25, 0.3) is 5.91 Å². The molecule has 0 radical (unpaired) electrons. The topological polar surface area (TPSA) is 82.0 Å². The summed E-state index contributed by atoms with van der Waals surface area (Å²) in [5.41, 5.74) is 4.78. The minimum atomic E-state index is -0.0983. The fourth-order valence-corrected chi connectivity index (χ4v) is 4.72. The molecule has 8 heteroatoms. The lowest BCUT2D eigenvalue weighted by Gasteiger charge is -2.16. The molecule has 166 valence electrons. The number of furan rings is 1. The van der Waals surface area contributed by atoms with Crippen LogP contribution in [-0.2, 0) is 6.54 Å². The Morgan fingerprint density at radius 1 is 1.09 bits per heavy atom. The van der Waals surface area contributed by atoms with Crippen LogP contribution < -0.4 is 4.90 Å². The van der Waals surface area contributed by atoms with Gasteiger partial charge in [0.15, 0.2) is 5.65 Å². The molecule has 0 saturated carbocycles. The maximum atomic E-state index is 13.9. The molecule has 4 aromatic heterocycles. The smallest absolute Gasteiger partial charge is 0.261 e. The van der Waals surface area contributed by atoms with E-state index in [4.69, 9.17) is 14.4 Å². The van der Waals surface area contributed by atoms with Crippen molar-refractivity contribution in [3.63, 3.8) is 0 Å². The highest BCUT2D eigenvalue weighted by Gasteiger charge is 2.31. The number of imidazole rings is 1. The van der Waals surface area contributed by atoms with Gasteiger partial charge in [-0.1, -0.05) is 12.1 Å². The van der Waals surface area contributed by atoms with E-state index in [2.05, 4.69) is 23.5 Å². The standard InChI is InChI=1S/C25H24N6O2/c1-14(2)31-23-19(13-26-31)18(12-21(27-23)17-11-15(3)33-16(17)4)24(32)30-10-9-29-22-8-6-5-7-20(22)28-25(29)30/h5-8,11-14H,9-10H2,1-4H3. The number of hydrogen-bond acceptors (Lipinski definition) is 5. The van der Waals surface area contributed by atoms with E-state index < -0.39 is 0 Å². The summed E-state index contributed by atoms with van der Waals surface area (Å²) in [6.45, 7) is 9.23. The van der Waals surface area contributed by atoms with E-state index in [1.807, 2.05) is 54.9 Å². The van der Waals surface area contributed by atoms with E-state index in [0.717, 1.165) is 33.5 Å². The second-order valence-corrected chi connectivity index (χ2v) is 8.81. The molecule has 0 saturated heterocycles. The van der Waals surface area contributed by atoms with Crippen molar-refractivity contribution in [2.24, 2.45) is 0 Å². The van der Waals surface area contributed by atoms with Crippen molar-refractivity contribution in [2.75, 3.05) is 11.4 Å². The van der Waals surface area contributed by atoms with Crippen LogP contribution in [0.25, 0.3) is 33.3 Å². The first kappa shape index (κ1) is 19.7. The van der Waals surface area contributed by atoms with Crippen molar-refractivity contribution in [3.05, 3.63) is 59.7 Å². The third kappa shape index (κ3) is 2.90. The second-order valence-electron chi connectivity index (χ2n) is 8.81. The van der Waals surface area contributed by atoms with Crippen molar-refractivity contribution in [1.29, 1.82) is 0 Å². The minimum absolute atomic E-state index is 0.0983. The molecule has 0 bridgehead atoms. The highest BCUT2D eigenvalue weighted by molar-refractivity contribution is 6.14. The number of fused-ring (bicyclic) bond motifs is 4. The van der Waals surface area contributed by atoms with Gasteiger partial charge in [0.1, 0.15) is 11.5 Å². The molecule has 33 heavy (non-hydrogen) atoms. The molecular formula is C25H24N6O2. The van der Waals surface area contributed by atoms with Crippen LogP contribution in [0.2, 0.25) is 0 Å². The first-order chi connectivity index (χ1) is 15.9. The van der Waals surface area contributed by atoms with E-state index in [1.165, 1.54) is 0 Å². The van der Waals surface area contributed by atoms with Crippen LogP contribution >= 0.6 is 0 Å². The molecule has 0 spiro atoms. The normalized spacial score (nSPS) is 13.5. The van der Waals surface area contributed by atoms with Crippen molar-refractivity contribution in [2.45, 2.75) is 40.3 Å². The molecule has 5 aromatic rings. The maximum absolute atomic E-state index is 13.9. The van der Waals surface area contributed by atoms with Crippen LogP contribution in [0.5, 0.6) is 0 Å². The Hall–Kier alpha value is -3.94. The lowest BCUT2D eigenvalue weighted by molar-refractivity contribution is 0.0990. The molecule has 0 aliphatic carbocycles. The van der Waals surface area contributed by atoms with Gasteiger partial charge in [0.05, 0.1) is 33.9 Å². The van der Waals surface area contributed by atoms with Gasteiger partial charge in [-0.2, -0.15) is 5.10 Å². The Morgan fingerprint density at radius 3 is 2.67 bits per heavy atom. The van der Waals surface area contributed by atoms with E-state index >= 15 is 0 Å². The van der Waals surface area contributed by atoms with Gasteiger partial charge in [-0.05, 0) is 52.0 Å². The van der Waals surface area contributed by atoms with Crippen molar-refractivity contribution in [3.8, 4) is 11.3 Å². The zero-order valence-corrected chi connectivity index (χ0v) is 19.0. The number of hydrogen-bond donors (Lipinski definition) is 0. The van der Waals surface area contributed by atoms with Crippen molar-refractivity contribution >= 4 is 33.9 Å². The first-order valence-corrected chi connectivity index (χ1v) is 11.1. The zero-order valence-electron chi connectivity index (χ0n) is 19.0. The molecular weight excluding hydrogens is 416 g/mol. The quantitative estimate of drug-likeness (QED) is 0.399. The molecule has 0 fully saturated rings. The predicted molar refractivity (Wildman–Crippen MR) is 126 cm³/mol. The summed E-state index contributed by atoms with van der Waals surface area (Å²) < 4.78 is 9.71. The number of aryl methyl sites for hydroxylation is 2. The number of rotatable bonds is 3. The summed E-state index contributed by atoms with van der Waals surface area (Å²) in [7, 11) is 0. The first-order valence-electron chi connectivity index (χ1n) is 11.1. The second kappa shape index (κ2) is 7.03. The van der Waals surface area contributed by atoms with Gasteiger partial charge >= 0.3 is 0 Å². The monoisotopic (exact) mass is 440 g/mol. The molecule has 5 heterocycles. The van der Waals surface area contributed by atoms with E-state index in [9.17, 15) is 4.79 Å². The number of nitrogens with zero attached hydrogens (tertiary/aromatic N) is 6. The molecule has 1 amide bonds. The summed E-state index contributed by atoms with van der Waals surface area (Å²) in [5.74, 6) is 2.16. The molecule has 0 unspecified atom stereocenters. The van der Waals surface area contributed by atoms with Crippen LogP contribution in [0, 0.1) is 13.8 Å². The van der Waals surface area contributed by atoms with E-state index in [1.54, 1.807) is 11.1 Å². The third-order valence-corrected chi connectivity index (χ3v) is 6.27. The number of aromatic nitrogens is 5. The average molecular weight is 441 g/mol. The molecule has 1 aliphatic heterocycles. The lowest BCUT2D eigenvalue weighted by Crippen LogP contribution is -2.29. The fraction of sp³-hybridized carbons (Fsp3) is 0.280. The maximum Gasteiger partial charge on any atom is 0.261 e. The predicted octanol–water partition coefficient (Wildman–Crippen LogP) is 4.90. The Kier molecular flexibility index (Phi) is 4.20. The number of benzene rings is 1. The Balaban J connectivity index is 1.54. The van der Waals surface area contributed by atoms with Crippen LogP contribution in [0.4, 0.5) is 5.95 Å². The number of carbonyl (C=O) groups is 1. The molecule has 0 atom stereocenters. The van der Waals surface area contributed by atoms with Crippen LogP contribution in [0.3, 0.4) is 0 Å². The summed E-state index contributed by atoms with van der Waals surface area (Å²) in [5, 5.41) is 5.29. The van der Waals surface area contributed by atoms with E-state index in [-0.39, 0.29) is 11.9 Å². The minimum Gasteiger partial charge on any atom is -0.466 e. The van der Waals surface area contributed by atoms with Gasteiger partial charge in [-0.25, -0.2) is 14.6 Å². The summed E-state index contributed by atoms with van der Waals surface area (Å²) >= 11 is 0. The molecule has 8 nitrogen and oxygen atoms in total. The fourth-order valence-electron chi connectivity index (χ4n) is 4.72. The summed E-state index contributed by atoms with van der Waals surface area (Å²) in [4.78, 5) is 25.3. The van der Waals surface area contributed by atoms with Gasteiger partial charge in [0, 0.05) is 24.7 Å². The SMILES string of the molecule is Cc1cc(-c2cc(C(=O)N3CCn4c3nc3ccccc34)c3cnn(C(C)C)c3n2)c(C)o1. The summed E-state index contributed by atoms with van der Waals surface area (Å²) in [6, 6.07) is 11.9. The van der Waals surface area contributed by atoms with Gasteiger partial charge < -0.3 is 8.98 Å². The lowest BCUT2D eigenvalue weighted by atomic mass is 10.1. The van der Waals surface area contributed by atoms with Gasteiger partial charge in [0.2, 0.25) is 5.95 Å². The zero-order chi connectivity index (χ0) is 22.9. The van der Waals surface area contributed by atoms with Crippen LogP contribution in [0.1, 0.15) is 41.8 Å². The van der Waals surface area contributed by atoms with Crippen molar-refractivity contribution in [1.82, 2.24) is 24.3 Å². The Bertz CT molecular complexity index is 1550. The molecule has 1 aliphatic rings. The average Bonchev–Trinajstić information content (AvgIpc) is 3.54. The van der Waals surface area contributed by atoms with E-state index in [0.29, 0.717) is 35.9 Å². The van der Waals surface area contributed by atoms with Crippen LogP contribution in [-0.4, -0.2) is 36.8 Å². The van der Waals surface area contributed by atoms with Gasteiger partial charge in [-0.3, -0.25) is 9.69 Å². The van der Waals surface area contributed by atoms with Crippen LogP contribution in [0.15, 0.2) is 47.0 Å². The number of para-hydroxylation sites is 2. The highest BCUT2D eigenvalue weighted by Crippen LogP contribution is 2.33. The number of anilines is 1. The number of pyridine rings is 1. The van der Waals surface area contributed by atoms with Crippen molar-refractivity contribution < 1.29 is 9.21 Å². The number of amides is 1. The molecule has 6 rings (SSSR count). The number of carbonyl (C=O) groups excluding carboxylic acids is 1. The largest absolute Gasteiger partial charge is 0.466 e. The molecule has 0 N–H and O–H groups in total.